The molecule has 4 heterocycles. The summed E-state index contributed by atoms with van der Waals surface area (Å²) in [7, 11) is 0. The van der Waals surface area contributed by atoms with E-state index < -0.39 is 0 Å². The summed E-state index contributed by atoms with van der Waals surface area (Å²) in [6.07, 6.45) is 11.3. The Morgan fingerprint density at radius 1 is 0.526 bits per heavy atom. The van der Waals surface area contributed by atoms with Gasteiger partial charge in [0.05, 0.1) is 44.7 Å². The molecule has 4 heteroatoms. The number of rotatable bonds is 5. The second-order valence-corrected chi connectivity index (χ2v) is 28.2. The molecule has 2 unspecified atom stereocenters. The van der Waals surface area contributed by atoms with Crippen molar-refractivity contribution in [2.45, 2.75) is 181 Å². The van der Waals surface area contributed by atoms with Gasteiger partial charge in [0.25, 0.3) is 0 Å². The minimum absolute atomic E-state index is 0.00664. The lowest BCUT2D eigenvalue weighted by atomic mass is 9.65. The van der Waals surface area contributed by atoms with Gasteiger partial charge in [0.15, 0.2) is 5.78 Å². The topological polar surface area (TPSA) is 49.7 Å². The minimum Gasteiger partial charge on any atom is -0.308 e. The van der Waals surface area contributed by atoms with Crippen molar-refractivity contribution in [2.24, 2.45) is 11.3 Å². The van der Waals surface area contributed by atoms with Crippen molar-refractivity contribution in [1.29, 1.82) is 5.26 Å². The van der Waals surface area contributed by atoms with Gasteiger partial charge in [0.1, 0.15) is 0 Å². The van der Waals surface area contributed by atoms with Crippen LogP contribution >= 0.6 is 0 Å². The molecule has 17 rings (SSSR count). The number of ketones is 1. The minimum atomic E-state index is -0.328. The number of carbonyl (C=O) groups is 1. The molecular weight excluding hydrogens is 947 g/mol. The molecule has 4 nitrogen and oxygen atoms in total. The molecule has 0 aliphatic heterocycles. The molecule has 2 saturated carbocycles. The summed E-state index contributed by atoms with van der Waals surface area (Å²) in [4.78, 5) is 15.1. The van der Waals surface area contributed by atoms with Crippen molar-refractivity contribution >= 4 is 82.0 Å². The molecule has 8 bridgehead atoms. The van der Waals surface area contributed by atoms with E-state index in [1.807, 2.05) is 0 Å². The molecule has 0 radical (unpaired) electrons. The SMILES string of the molecule is CC(C)c1cc(C(C)C)c(-c2cc3c4cc5c(cc4n4c6cc(C#N)c7c(c6c(c2)c34)C2(C)CCC7(C(C)C)C2)c2c3cc(c4c6cc7c(cc6n5c42)C(=O)C2(C)CCC7(C)CC2)CCc2cccc(c2)CC3)c(C(C)C)c1. The van der Waals surface area contributed by atoms with Crippen LogP contribution in [-0.4, -0.2) is 14.6 Å². The summed E-state index contributed by atoms with van der Waals surface area (Å²) in [5.41, 5.74) is 25.5. The average Bonchev–Trinajstić information content (AvgIpc) is 3.36. The zero-order valence-corrected chi connectivity index (χ0v) is 47.9. The lowest BCUT2D eigenvalue weighted by molar-refractivity contribution is 0.0732. The van der Waals surface area contributed by atoms with Gasteiger partial charge in [-0.1, -0.05) is 119 Å². The molecule has 4 aromatic heterocycles. The van der Waals surface area contributed by atoms with Crippen molar-refractivity contribution in [3.05, 3.63) is 152 Å². The summed E-state index contributed by atoms with van der Waals surface area (Å²) >= 11 is 0. The Balaban J connectivity index is 1.10. The van der Waals surface area contributed by atoms with Crippen molar-refractivity contribution in [1.82, 2.24) is 8.80 Å². The van der Waals surface area contributed by atoms with Crippen LogP contribution in [0.15, 0.2) is 84.9 Å². The van der Waals surface area contributed by atoms with E-state index in [1.165, 1.54) is 143 Å². The Labute approximate surface area is 459 Å². The first kappa shape index (κ1) is 47.3. The molecule has 78 heavy (non-hydrogen) atoms. The number of aryl methyl sites for hydroxylation is 4. The maximum Gasteiger partial charge on any atom is 0.169 e. The highest BCUT2D eigenvalue weighted by atomic mass is 16.1. The fraction of sp³-hybridized carbons (Fsp3) is 0.405. The van der Waals surface area contributed by atoms with E-state index in [0.29, 0.717) is 29.5 Å². The lowest BCUT2D eigenvalue weighted by Gasteiger charge is -2.38. The first-order chi connectivity index (χ1) is 37.3. The number of carbonyl (C=O) groups excluding carboxylic acids is 1. The molecule has 390 valence electrons. The van der Waals surface area contributed by atoms with Crippen LogP contribution in [0.2, 0.25) is 0 Å². The van der Waals surface area contributed by atoms with E-state index in [-0.39, 0.29) is 21.7 Å². The van der Waals surface area contributed by atoms with Crippen molar-refractivity contribution in [3.63, 3.8) is 0 Å². The second kappa shape index (κ2) is 15.4. The zero-order chi connectivity index (χ0) is 53.6. The number of nitriles is 1. The van der Waals surface area contributed by atoms with E-state index in [9.17, 15) is 5.26 Å². The van der Waals surface area contributed by atoms with Crippen LogP contribution in [0.5, 0.6) is 0 Å². The van der Waals surface area contributed by atoms with Crippen LogP contribution in [0.3, 0.4) is 0 Å². The van der Waals surface area contributed by atoms with E-state index in [0.717, 1.165) is 81.8 Å². The Bertz CT molecular complexity index is 4540. The fourth-order valence-corrected chi connectivity index (χ4v) is 18.1. The average molecular weight is 1020 g/mol. The molecule has 2 fully saturated rings. The Morgan fingerprint density at radius 3 is 1.76 bits per heavy atom. The summed E-state index contributed by atoms with van der Waals surface area (Å²) in [6.45, 7) is 26.3. The number of Topliss-reactive ketones (excluding diaryl/α,β-unsaturated/α-hetero) is 1. The predicted octanol–water partition coefficient (Wildman–Crippen LogP) is 19.2. The molecule has 0 saturated heterocycles. The van der Waals surface area contributed by atoms with Gasteiger partial charge in [-0.15, -0.1) is 0 Å². The monoisotopic (exact) mass is 1020 g/mol. The Morgan fingerprint density at radius 2 is 1.12 bits per heavy atom. The van der Waals surface area contributed by atoms with Crippen LogP contribution in [0.4, 0.5) is 0 Å². The largest absolute Gasteiger partial charge is 0.308 e. The molecule has 0 N–H and O–H groups in total. The van der Waals surface area contributed by atoms with Gasteiger partial charge in [-0.2, -0.15) is 5.26 Å². The van der Waals surface area contributed by atoms with Gasteiger partial charge in [0, 0.05) is 59.5 Å². The van der Waals surface area contributed by atoms with Crippen LogP contribution in [0.25, 0.3) is 87.3 Å². The Hall–Kier alpha value is -6.70. The molecule has 7 aromatic carbocycles. The van der Waals surface area contributed by atoms with E-state index in [4.69, 9.17) is 0 Å². The number of aromatic nitrogens is 2. The van der Waals surface area contributed by atoms with Crippen molar-refractivity contribution < 1.29 is 4.79 Å². The maximum absolute atomic E-state index is 15.1. The smallest absolute Gasteiger partial charge is 0.169 e. The zero-order valence-electron chi connectivity index (χ0n) is 47.9. The normalized spacial score (nSPS) is 23.9. The summed E-state index contributed by atoms with van der Waals surface area (Å²) in [5.74, 6) is 1.86. The first-order valence-corrected chi connectivity index (χ1v) is 30.1. The third kappa shape index (κ3) is 5.79. The summed E-state index contributed by atoms with van der Waals surface area (Å²) in [5, 5.41) is 22.0. The van der Waals surface area contributed by atoms with Gasteiger partial charge in [-0.3, -0.25) is 4.79 Å². The van der Waals surface area contributed by atoms with E-state index in [2.05, 4.69) is 176 Å². The third-order valence-electron chi connectivity index (χ3n) is 22.5. The van der Waals surface area contributed by atoms with Crippen LogP contribution < -0.4 is 0 Å². The van der Waals surface area contributed by atoms with Crippen LogP contribution in [-0.2, 0) is 41.9 Å². The number of nitrogens with zero attached hydrogens (tertiary/aromatic N) is 3. The number of fused-ring (bicyclic) bond motifs is 26. The van der Waals surface area contributed by atoms with Gasteiger partial charge in [0.2, 0.25) is 0 Å². The van der Waals surface area contributed by atoms with Gasteiger partial charge < -0.3 is 8.80 Å². The molecule has 0 amide bonds. The molecule has 0 spiro atoms. The lowest BCUT2D eigenvalue weighted by Crippen LogP contribution is -2.33. The quantitative estimate of drug-likeness (QED) is 0.172. The van der Waals surface area contributed by atoms with Crippen LogP contribution in [0.1, 0.15) is 210 Å². The molecule has 2 atom stereocenters. The van der Waals surface area contributed by atoms with E-state index >= 15 is 4.79 Å². The molecule has 11 aromatic rings. The molecular formula is C74H73N3O. The summed E-state index contributed by atoms with van der Waals surface area (Å²) < 4.78 is 5.25. The van der Waals surface area contributed by atoms with Crippen LogP contribution in [0, 0.1) is 22.7 Å². The molecule has 6 aliphatic carbocycles. The second-order valence-electron chi connectivity index (χ2n) is 28.2. The van der Waals surface area contributed by atoms with E-state index in [1.54, 1.807) is 0 Å². The highest BCUT2D eigenvalue weighted by molar-refractivity contribution is 6.31. The standard InChI is InChI=1S/C74H73N3O/c1-38(2)46-27-49(39(3)4)62(50(28-46)40(5)6)47-29-52-51-33-59-55(35-58(51)77-61-31-48(36-75)66-67(65(61)56(30-47)68(52)77)73(11)23-24-74(66,37-73)41(7)8)64-45-18-16-43-14-12-13-42(25-43)15-17-44(26-45)63-54-32-57-53(34-60(54)76(59)69(63)64)70(78)72(10)21-19-71(57,9)20-22-72/h12-14,25-35,38-41H,15-24,37H2,1-11H3. The first-order valence-electron chi connectivity index (χ1n) is 30.1. The highest BCUT2D eigenvalue weighted by Gasteiger charge is 2.59. The molecule has 6 aliphatic rings. The van der Waals surface area contributed by atoms with Gasteiger partial charge in [-0.25, -0.2) is 0 Å². The van der Waals surface area contributed by atoms with Crippen molar-refractivity contribution in [3.8, 4) is 17.2 Å². The third-order valence-corrected chi connectivity index (χ3v) is 22.5. The number of hydrogen-bond donors (Lipinski definition) is 0. The number of benzene rings is 7. The predicted molar refractivity (Wildman–Crippen MR) is 325 cm³/mol. The number of hydrogen-bond acceptors (Lipinski definition) is 2. The van der Waals surface area contributed by atoms with Gasteiger partial charge >= 0.3 is 0 Å². The van der Waals surface area contributed by atoms with Crippen molar-refractivity contribution in [2.75, 3.05) is 0 Å². The highest BCUT2D eigenvalue weighted by Crippen LogP contribution is 2.67. The van der Waals surface area contributed by atoms with Gasteiger partial charge in [-0.05, 0) is 214 Å². The fourth-order valence-electron chi connectivity index (χ4n) is 18.1. The summed E-state index contributed by atoms with van der Waals surface area (Å²) in [6, 6.07) is 37.4. The maximum atomic E-state index is 15.1. The Kier molecular flexibility index (Phi) is 9.31.